The molecule has 0 spiro atoms. The molecular weight excluding hydrogens is 424 g/mol. The number of fused-ring (bicyclic) bond motifs is 1. The average molecular weight is 452 g/mol. The van der Waals surface area contributed by atoms with Gasteiger partial charge in [0.1, 0.15) is 6.04 Å². The molecule has 0 fully saturated rings. The van der Waals surface area contributed by atoms with Crippen LogP contribution in [0.25, 0.3) is 11.0 Å². The summed E-state index contributed by atoms with van der Waals surface area (Å²) in [4.78, 5) is 17.4. The summed E-state index contributed by atoms with van der Waals surface area (Å²) in [6.45, 7) is 8.71. The Balaban J connectivity index is 1.55. The molecule has 0 aliphatic carbocycles. The van der Waals surface area contributed by atoms with Crippen molar-refractivity contribution in [3.05, 3.63) is 82.9 Å². The summed E-state index contributed by atoms with van der Waals surface area (Å²) < 4.78 is 31.0. The van der Waals surface area contributed by atoms with Crippen molar-refractivity contribution in [2.45, 2.75) is 46.8 Å². The molecule has 2 heterocycles. The molecule has 33 heavy (non-hydrogen) atoms. The van der Waals surface area contributed by atoms with Gasteiger partial charge in [-0.3, -0.25) is 9.48 Å². The van der Waals surface area contributed by atoms with E-state index < -0.39 is 17.7 Å². The smallest absolute Gasteiger partial charge is 0.243 e. The number of hydrogen-bond acceptors (Lipinski definition) is 3. The summed E-state index contributed by atoms with van der Waals surface area (Å²) in [6.07, 6.45) is 1.46. The van der Waals surface area contributed by atoms with Crippen LogP contribution in [0.3, 0.4) is 0 Å². The van der Waals surface area contributed by atoms with E-state index in [1.165, 1.54) is 6.33 Å². The Bertz CT molecular complexity index is 1290. The van der Waals surface area contributed by atoms with Gasteiger partial charge in [0.2, 0.25) is 5.91 Å². The summed E-state index contributed by atoms with van der Waals surface area (Å²) in [5.74, 6) is -2.25. The van der Waals surface area contributed by atoms with Gasteiger partial charge in [-0.1, -0.05) is 44.2 Å². The van der Waals surface area contributed by atoms with Crippen LogP contribution in [0.1, 0.15) is 42.4 Å². The van der Waals surface area contributed by atoms with Crippen molar-refractivity contribution in [2.24, 2.45) is 5.92 Å². The van der Waals surface area contributed by atoms with E-state index in [0.29, 0.717) is 24.1 Å². The third kappa shape index (κ3) is 4.51. The van der Waals surface area contributed by atoms with Gasteiger partial charge in [0.25, 0.3) is 0 Å². The van der Waals surface area contributed by atoms with Crippen LogP contribution in [-0.2, 0) is 17.9 Å². The second kappa shape index (κ2) is 9.13. The van der Waals surface area contributed by atoms with Crippen molar-refractivity contribution in [1.29, 1.82) is 0 Å². The molecule has 1 atom stereocenters. The highest BCUT2D eigenvalue weighted by Gasteiger charge is 2.26. The number of carbonyl (C=O) groups excluding carboxylic acids is 1. The first-order valence-electron chi connectivity index (χ1n) is 10.9. The van der Waals surface area contributed by atoms with Crippen LogP contribution < -0.4 is 5.32 Å². The summed E-state index contributed by atoms with van der Waals surface area (Å²) >= 11 is 0. The first-order chi connectivity index (χ1) is 15.8. The van der Waals surface area contributed by atoms with Crippen molar-refractivity contribution >= 4 is 16.9 Å². The fourth-order valence-electron chi connectivity index (χ4n) is 4.17. The maximum Gasteiger partial charge on any atom is 0.243 e. The van der Waals surface area contributed by atoms with E-state index in [2.05, 4.69) is 27.5 Å². The number of nitrogens with zero attached hydrogens (tertiary/aromatic N) is 4. The second-order valence-electron chi connectivity index (χ2n) is 8.61. The SMILES string of the molecule is Cc1nn(Cc2ccccc2)c(C)c1CNC(=O)C(C(C)C)n1cnc2cc(F)c(F)cc21. The molecule has 2 aromatic carbocycles. The quantitative estimate of drug-likeness (QED) is 0.443. The van der Waals surface area contributed by atoms with Crippen LogP contribution in [0.2, 0.25) is 0 Å². The summed E-state index contributed by atoms with van der Waals surface area (Å²) in [5, 5.41) is 7.65. The molecule has 1 N–H and O–H groups in total. The van der Waals surface area contributed by atoms with Gasteiger partial charge in [-0.25, -0.2) is 13.8 Å². The third-order valence-corrected chi connectivity index (χ3v) is 5.96. The predicted octanol–water partition coefficient (Wildman–Crippen LogP) is 4.69. The topological polar surface area (TPSA) is 64.7 Å². The fraction of sp³-hybridized carbons (Fsp3) is 0.320. The highest BCUT2D eigenvalue weighted by atomic mass is 19.2. The number of rotatable bonds is 7. The lowest BCUT2D eigenvalue weighted by molar-refractivity contribution is -0.125. The molecule has 0 saturated carbocycles. The van der Waals surface area contributed by atoms with Crippen molar-refractivity contribution in [3.8, 4) is 0 Å². The molecule has 0 bridgehead atoms. The first-order valence-corrected chi connectivity index (χ1v) is 10.9. The second-order valence-corrected chi connectivity index (χ2v) is 8.61. The number of amides is 1. The van der Waals surface area contributed by atoms with E-state index in [1.54, 1.807) is 4.57 Å². The minimum atomic E-state index is -0.968. The molecule has 8 heteroatoms. The Morgan fingerprint density at radius 1 is 1.09 bits per heavy atom. The Hall–Kier alpha value is -3.55. The monoisotopic (exact) mass is 451 g/mol. The number of aryl methyl sites for hydroxylation is 1. The van der Waals surface area contributed by atoms with E-state index in [9.17, 15) is 13.6 Å². The van der Waals surface area contributed by atoms with Crippen molar-refractivity contribution in [3.63, 3.8) is 0 Å². The van der Waals surface area contributed by atoms with Gasteiger partial charge in [-0.05, 0) is 25.3 Å². The maximum atomic E-state index is 13.9. The van der Waals surface area contributed by atoms with Gasteiger partial charge >= 0.3 is 0 Å². The Labute approximate surface area is 191 Å². The number of hydrogen-bond donors (Lipinski definition) is 1. The van der Waals surface area contributed by atoms with Crippen molar-refractivity contribution < 1.29 is 13.6 Å². The molecule has 0 aliphatic heterocycles. The molecule has 0 radical (unpaired) electrons. The zero-order chi connectivity index (χ0) is 23.7. The lowest BCUT2D eigenvalue weighted by Crippen LogP contribution is -2.35. The fourth-order valence-corrected chi connectivity index (χ4v) is 4.17. The minimum Gasteiger partial charge on any atom is -0.350 e. The number of nitrogens with one attached hydrogen (secondary N) is 1. The van der Waals surface area contributed by atoms with Gasteiger partial charge in [-0.15, -0.1) is 0 Å². The Morgan fingerprint density at radius 3 is 2.48 bits per heavy atom. The molecule has 0 saturated heterocycles. The van der Waals surface area contributed by atoms with Crippen LogP contribution in [0, 0.1) is 31.4 Å². The Kier molecular flexibility index (Phi) is 6.26. The minimum absolute atomic E-state index is 0.0986. The van der Waals surface area contributed by atoms with Crippen molar-refractivity contribution in [2.75, 3.05) is 0 Å². The van der Waals surface area contributed by atoms with Crippen LogP contribution in [0.4, 0.5) is 8.78 Å². The van der Waals surface area contributed by atoms with E-state index >= 15 is 0 Å². The lowest BCUT2D eigenvalue weighted by Gasteiger charge is -2.22. The van der Waals surface area contributed by atoms with E-state index in [4.69, 9.17) is 0 Å². The summed E-state index contributed by atoms with van der Waals surface area (Å²) in [5.41, 5.74) is 4.64. The predicted molar refractivity (Wildman–Crippen MR) is 123 cm³/mol. The van der Waals surface area contributed by atoms with Crippen molar-refractivity contribution in [1.82, 2.24) is 24.6 Å². The highest BCUT2D eigenvalue weighted by molar-refractivity contribution is 5.84. The molecule has 4 rings (SSSR count). The number of benzene rings is 2. The molecule has 6 nitrogen and oxygen atoms in total. The van der Waals surface area contributed by atoms with Crippen LogP contribution in [-0.4, -0.2) is 25.2 Å². The molecule has 4 aromatic rings. The standard InChI is InChI=1S/C25H27F2N5O/c1-15(2)24(31-14-29-22-10-20(26)21(27)11-23(22)31)25(33)28-12-19-16(3)30-32(17(19)4)13-18-8-6-5-7-9-18/h5-11,14-15,24H,12-13H2,1-4H3,(H,28,33). The average Bonchev–Trinajstić information content (AvgIpc) is 3.28. The highest BCUT2D eigenvalue weighted by Crippen LogP contribution is 2.26. The van der Waals surface area contributed by atoms with Gasteiger partial charge < -0.3 is 9.88 Å². The van der Waals surface area contributed by atoms with E-state index in [-0.39, 0.29) is 11.8 Å². The number of halogens is 2. The molecule has 1 amide bonds. The van der Waals surface area contributed by atoms with Crippen LogP contribution in [0.15, 0.2) is 48.8 Å². The zero-order valence-corrected chi connectivity index (χ0v) is 19.1. The third-order valence-electron chi connectivity index (χ3n) is 5.96. The lowest BCUT2D eigenvalue weighted by atomic mass is 10.0. The normalized spacial score (nSPS) is 12.5. The molecular formula is C25H27F2N5O. The van der Waals surface area contributed by atoms with Gasteiger partial charge in [0.05, 0.1) is 29.6 Å². The Morgan fingerprint density at radius 2 is 1.79 bits per heavy atom. The zero-order valence-electron chi connectivity index (χ0n) is 19.1. The van der Waals surface area contributed by atoms with E-state index in [1.807, 2.05) is 50.6 Å². The van der Waals surface area contributed by atoms with E-state index in [0.717, 1.165) is 34.6 Å². The van der Waals surface area contributed by atoms with Gasteiger partial charge in [0, 0.05) is 29.9 Å². The largest absolute Gasteiger partial charge is 0.350 e. The van der Waals surface area contributed by atoms with Gasteiger partial charge in [-0.2, -0.15) is 5.10 Å². The molecule has 0 aliphatic rings. The summed E-state index contributed by atoms with van der Waals surface area (Å²) in [6, 6.07) is 11.6. The van der Waals surface area contributed by atoms with Gasteiger partial charge in [0.15, 0.2) is 11.6 Å². The van der Waals surface area contributed by atoms with Crippen LogP contribution in [0.5, 0.6) is 0 Å². The van der Waals surface area contributed by atoms with Crippen LogP contribution >= 0.6 is 0 Å². The molecule has 2 aromatic heterocycles. The molecule has 172 valence electrons. The maximum absolute atomic E-state index is 13.9. The summed E-state index contributed by atoms with van der Waals surface area (Å²) in [7, 11) is 0. The first kappa shape index (κ1) is 22.6. The molecule has 1 unspecified atom stereocenters. The number of carbonyl (C=O) groups is 1. The number of aromatic nitrogens is 4. The number of imidazole rings is 1.